The Balaban J connectivity index is 1.43. The number of nitrogens with one attached hydrogen (secondary N) is 1. The third-order valence-electron chi connectivity index (χ3n) is 6.66. The number of aromatic amines is 1. The molecule has 0 saturated carbocycles. The number of para-hydroxylation sites is 1. The summed E-state index contributed by atoms with van der Waals surface area (Å²) in [6, 6.07) is 20.9. The summed E-state index contributed by atoms with van der Waals surface area (Å²) < 4.78 is 1.29. The molecule has 0 aliphatic carbocycles. The summed E-state index contributed by atoms with van der Waals surface area (Å²) in [5.74, 6) is -0.163. The number of hydrogen-bond acceptors (Lipinski definition) is 4. The molecule has 168 valence electrons. The van der Waals surface area contributed by atoms with E-state index in [1.165, 1.54) is 15.6 Å². The molecule has 7 nitrogen and oxygen atoms in total. The normalized spacial score (nSPS) is 15.6. The van der Waals surface area contributed by atoms with Crippen molar-refractivity contribution in [1.29, 1.82) is 0 Å². The van der Waals surface area contributed by atoms with Gasteiger partial charge in [-0.1, -0.05) is 42.5 Å². The maximum atomic E-state index is 13.7. The molecule has 1 N–H and O–H groups in total. The summed E-state index contributed by atoms with van der Waals surface area (Å²) in [7, 11) is 0. The van der Waals surface area contributed by atoms with Crippen LogP contribution >= 0.6 is 0 Å². The second-order valence-corrected chi connectivity index (χ2v) is 8.65. The van der Waals surface area contributed by atoms with Crippen molar-refractivity contribution in [3.05, 3.63) is 106 Å². The van der Waals surface area contributed by atoms with E-state index in [-0.39, 0.29) is 24.1 Å². The van der Waals surface area contributed by atoms with E-state index in [1.54, 1.807) is 12.3 Å². The van der Waals surface area contributed by atoms with Gasteiger partial charge in [0.15, 0.2) is 0 Å². The number of pyridine rings is 1. The van der Waals surface area contributed by atoms with E-state index < -0.39 is 0 Å². The Morgan fingerprint density at radius 3 is 2.53 bits per heavy atom. The van der Waals surface area contributed by atoms with Crippen LogP contribution in [-0.2, 0) is 17.8 Å². The lowest BCUT2D eigenvalue weighted by atomic mass is 9.94. The smallest absolute Gasteiger partial charge is 0.275 e. The number of benzene rings is 2. The number of nitrogens with zero attached hydrogens (tertiary/aromatic N) is 4. The van der Waals surface area contributed by atoms with E-state index in [0.29, 0.717) is 11.9 Å². The molecule has 3 aromatic heterocycles. The van der Waals surface area contributed by atoms with Gasteiger partial charge in [-0.25, -0.2) is 4.68 Å². The highest BCUT2D eigenvalue weighted by Gasteiger charge is 2.35. The van der Waals surface area contributed by atoms with Crippen molar-refractivity contribution in [2.24, 2.45) is 0 Å². The van der Waals surface area contributed by atoms with Gasteiger partial charge >= 0.3 is 0 Å². The molecule has 0 fully saturated rings. The zero-order chi connectivity index (χ0) is 23.2. The zero-order valence-electron chi connectivity index (χ0n) is 18.7. The van der Waals surface area contributed by atoms with Crippen molar-refractivity contribution in [3.8, 4) is 0 Å². The van der Waals surface area contributed by atoms with Crippen molar-refractivity contribution in [3.63, 3.8) is 0 Å². The molecule has 1 aliphatic rings. The van der Waals surface area contributed by atoms with Crippen molar-refractivity contribution >= 4 is 27.6 Å². The first kappa shape index (κ1) is 20.4. The number of hydrogen-bond donors (Lipinski definition) is 1. The second kappa shape index (κ2) is 7.95. The van der Waals surface area contributed by atoms with Gasteiger partial charge in [0.25, 0.3) is 5.56 Å². The van der Waals surface area contributed by atoms with Crippen molar-refractivity contribution < 1.29 is 4.79 Å². The molecular formula is C27H23N5O2. The molecule has 34 heavy (non-hydrogen) atoms. The molecular weight excluding hydrogens is 426 g/mol. The number of carbonyl (C=O) groups is 1. The lowest BCUT2D eigenvalue weighted by Crippen LogP contribution is -2.44. The van der Waals surface area contributed by atoms with Gasteiger partial charge in [0, 0.05) is 34.7 Å². The van der Waals surface area contributed by atoms with Gasteiger partial charge < -0.3 is 9.88 Å². The van der Waals surface area contributed by atoms with Gasteiger partial charge in [0.2, 0.25) is 5.91 Å². The van der Waals surface area contributed by atoms with E-state index in [1.807, 2.05) is 60.4 Å². The van der Waals surface area contributed by atoms with Gasteiger partial charge in [0.05, 0.1) is 16.8 Å². The number of H-pyrrole nitrogens is 1. The number of aromatic nitrogens is 4. The third-order valence-corrected chi connectivity index (χ3v) is 6.66. The molecule has 7 heteroatoms. The number of aryl methyl sites for hydroxylation is 1. The number of rotatable bonds is 3. The van der Waals surface area contributed by atoms with Crippen molar-refractivity contribution in [2.75, 3.05) is 6.54 Å². The molecule has 1 unspecified atom stereocenters. The molecule has 0 spiro atoms. The highest BCUT2D eigenvalue weighted by molar-refractivity contribution is 5.87. The summed E-state index contributed by atoms with van der Waals surface area (Å²) in [4.78, 5) is 36.7. The van der Waals surface area contributed by atoms with Gasteiger partial charge in [-0.2, -0.15) is 5.10 Å². The molecule has 0 radical (unpaired) electrons. The van der Waals surface area contributed by atoms with E-state index in [9.17, 15) is 9.59 Å². The Morgan fingerprint density at radius 2 is 1.74 bits per heavy atom. The number of fused-ring (bicyclic) bond motifs is 4. The lowest BCUT2D eigenvalue weighted by molar-refractivity contribution is -0.134. The Hall–Kier alpha value is -4.26. The van der Waals surface area contributed by atoms with Crippen LogP contribution < -0.4 is 5.56 Å². The molecule has 1 amide bonds. The SMILES string of the molecule is Cc1nn(CC(=O)N2CCc3c([nH]c4ccccc34)C2c2ccccn2)c(=O)c2ccccc12. The minimum Gasteiger partial charge on any atom is -0.356 e. The Labute approximate surface area is 195 Å². The minimum absolute atomic E-state index is 0.122. The molecule has 4 heterocycles. The monoisotopic (exact) mass is 449 g/mol. The van der Waals surface area contributed by atoms with Crippen LogP contribution in [0.3, 0.4) is 0 Å². The summed E-state index contributed by atoms with van der Waals surface area (Å²) in [6.45, 7) is 2.27. The highest BCUT2D eigenvalue weighted by atomic mass is 16.2. The van der Waals surface area contributed by atoms with E-state index >= 15 is 0 Å². The average Bonchev–Trinajstić information content (AvgIpc) is 3.26. The fourth-order valence-electron chi connectivity index (χ4n) is 5.09. The third kappa shape index (κ3) is 3.20. The number of carbonyl (C=O) groups excluding carboxylic acids is 1. The summed E-state index contributed by atoms with van der Waals surface area (Å²) >= 11 is 0. The van der Waals surface area contributed by atoms with Crippen LogP contribution in [0, 0.1) is 6.92 Å². The van der Waals surface area contributed by atoms with E-state index in [2.05, 4.69) is 27.2 Å². The van der Waals surface area contributed by atoms with Gasteiger partial charge in [-0.15, -0.1) is 0 Å². The van der Waals surface area contributed by atoms with Crippen LogP contribution in [0.1, 0.15) is 28.7 Å². The molecule has 2 aromatic carbocycles. The highest BCUT2D eigenvalue weighted by Crippen LogP contribution is 2.37. The summed E-state index contributed by atoms with van der Waals surface area (Å²) in [5.41, 5.74) is 4.50. The van der Waals surface area contributed by atoms with Gasteiger partial charge in [-0.3, -0.25) is 14.6 Å². The molecule has 0 saturated heterocycles. The summed E-state index contributed by atoms with van der Waals surface area (Å²) in [5, 5.41) is 7.00. The molecule has 0 bridgehead atoms. The van der Waals surface area contributed by atoms with Crippen molar-refractivity contribution in [1.82, 2.24) is 24.6 Å². The maximum Gasteiger partial charge on any atom is 0.275 e. The van der Waals surface area contributed by atoms with Crippen LogP contribution in [0.15, 0.2) is 77.7 Å². The Bertz CT molecular complexity index is 1600. The second-order valence-electron chi connectivity index (χ2n) is 8.65. The van der Waals surface area contributed by atoms with Gasteiger partial charge in [0.1, 0.15) is 12.6 Å². The fraction of sp³-hybridized carbons (Fsp3) is 0.185. The summed E-state index contributed by atoms with van der Waals surface area (Å²) in [6.07, 6.45) is 2.47. The van der Waals surface area contributed by atoms with Crippen LogP contribution in [-0.4, -0.2) is 37.1 Å². The predicted octanol–water partition coefficient (Wildman–Crippen LogP) is 3.76. The molecule has 5 aromatic rings. The van der Waals surface area contributed by atoms with Crippen LogP contribution in [0.4, 0.5) is 0 Å². The van der Waals surface area contributed by atoms with Crippen molar-refractivity contribution in [2.45, 2.75) is 25.9 Å². The fourth-order valence-corrected chi connectivity index (χ4v) is 5.09. The maximum absolute atomic E-state index is 13.7. The lowest BCUT2D eigenvalue weighted by Gasteiger charge is -2.35. The van der Waals surface area contributed by atoms with E-state index in [0.717, 1.165) is 34.4 Å². The minimum atomic E-state index is -0.359. The van der Waals surface area contributed by atoms with Crippen LogP contribution in [0.2, 0.25) is 0 Å². The average molecular weight is 450 g/mol. The quantitative estimate of drug-likeness (QED) is 0.455. The van der Waals surface area contributed by atoms with Gasteiger partial charge in [-0.05, 0) is 43.2 Å². The first-order chi connectivity index (χ1) is 16.6. The number of amides is 1. The van der Waals surface area contributed by atoms with E-state index in [4.69, 9.17) is 0 Å². The molecule has 1 atom stereocenters. The zero-order valence-corrected chi connectivity index (χ0v) is 18.7. The van der Waals surface area contributed by atoms with Crippen LogP contribution in [0.5, 0.6) is 0 Å². The Morgan fingerprint density at radius 1 is 1.00 bits per heavy atom. The van der Waals surface area contributed by atoms with Crippen LogP contribution in [0.25, 0.3) is 21.7 Å². The predicted molar refractivity (Wildman–Crippen MR) is 131 cm³/mol. The first-order valence-corrected chi connectivity index (χ1v) is 11.4. The molecule has 1 aliphatic heterocycles. The topological polar surface area (TPSA) is 83.9 Å². The standard InChI is InChI=1S/C27H23N5O2/c1-17-18-8-2-3-10-21(18)27(34)32(30-17)16-24(33)31-15-13-20-19-9-4-5-11-22(19)29-25(20)26(31)23-12-6-7-14-28-23/h2-12,14,26,29H,13,15-16H2,1H3. The largest absolute Gasteiger partial charge is 0.356 e. The first-order valence-electron chi connectivity index (χ1n) is 11.4. The molecule has 6 rings (SSSR count). The Kier molecular flexibility index (Phi) is 4.76.